The minimum absolute atomic E-state index is 0.0303. The fourth-order valence-corrected chi connectivity index (χ4v) is 4.25. The van der Waals surface area contributed by atoms with Gasteiger partial charge in [0.1, 0.15) is 6.61 Å². The van der Waals surface area contributed by atoms with Crippen molar-refractivity contribution < 1.29 is 32.2 Å². The van der Waals surface area contributed by atoms with Gasteiger partial charge in [-0.2, -0.15) is 4.31 Å². The van der Waals surface area contributed by atoms with Crippen molar-refractivity contribution in [3.8, 4) is 0 Å². The van der Waals surface area contributed by atoms with Crippen molar-refractivity contribution in [1.82, 2.24) is 4.31 Å². The molecule has 1 fully saturated rings. The second-order valence-electron chi connectivity index (χ2n) is 6.31. The summed E-state index contributed by atoms with van der Waals surface area (Å²) in [5.41, 5.74) is 1.22. The number of methoxy groups -OCH3 is 1. The Morgan fingerprint density at radius 3 is 2.34 bits per heavy atom. The van der Waals surface area contributed by atoms with Crippen molar-refractivity contribution in [1.29, 1.82) is 0 Å². The van der Waals surface area contributed by atoms with Crippen LogP contribution in [-0.2, 0) is 30.8 Å². The Kier molecular flexibility index (Phi) is 6.63. The number of nitrogens with zero attached hydrogens (tertiary/aromatic N) is 1. The average molecular weight is 419 g/mol. The highest BCUT2D eigenvalue weighted by molar-refractivity contribution is 7.89. The molecule has 2 aromatic carbocycles. The monoisotopic (exact) mass is 419 g/mol. The van der Waals surface area contributed by atoms with Gasteiger partial charge in [-0.3, -0.25) is 0 Å². The van der Waals surface area contributed by atoms with Gasteiger partial charge < -0.3 is 14.2 Å². The maximum Gasteiger partial charge on any atom is 0.338 e. The van der Waals surface area contributed by atoms with Gasteiger partial charge in [-0.1, -0.05) is 12.1 Å². The summed E-state index contributed by atoms with van der Waals surface area (Å²) in [6, 6.07) is 12.2. The van der Waals surface area contributed by atoms with E-state index in [1.54, 1.807) is 24.3 Å². The molecule has 154 valence electrons. The van der Waals surface area contributed by atoms with Crippen LogP contribution >= 0.6 is 0 Å². The van der Waals surface area contributed by atoms with Crippen molar-refractivity contribution >= 4 is 22.0 Å². The Balaban J connectivity index is 1.64. The molecule has 1 saturated heterocycles. The first kappa shape index (κ1) is 21.0. The van der Waals surface area contributed by atoms with E-state index in [4.69, 9.17) is 9.47 Å². The molecular weight excluding hydrogens is 398 g/mol. The summed E-state index contributed by atoms with van der Waals surface area (Å²) in [7, 11) is -2.33. The summed E-state index contributed by atoms with van der Waals surface area (Å²) in [5, 5.41) is 0. The molecule has 1 aliphatic heterocycles. The van der Waals surface area contributed by atoms with E-state index in [1.807, 2.05) is 0 Å². The average Bonchev–Trinajstić information content (AvgIpc) is 2.77. The topological polar surface area (TPSA) is 99.2 Å². The molecule has 1 aliphatic rings. The van der Waals surface area contributed by atoms with Crippen molar-refractivity contribution in [2.24, 2.45) is 0 Å². The molecule has 0 aliphatic carbocycles. The van der Waals surface area contributed by atoms with E-state index in [9.17, 15) is 18.0 Å². The molecule has 1 heterocycles. The van der Waals surface area contributed by atoms with Crippen LogP contribution in [0.4, 0.5) is 0 Å². The van der Waals surface area contributed by atoms with Gasteiger partial charge >= 0.3 is 11.9 Å². The van der Waals surface area contributed by atoms with Gasteiger partial charge in [0.15, 0.2) is 0 Å². The number of hydrogen-bond acceptors (Lipinski definition) is 7. The third-order valence-corrected chi connectivity index (χ3v) is 6.33. The molecule has 0 N–H and O–H groups in total. The standard InChI is InChI=1S/C20H21NO7S/c1-26-19(22)17-4-2-3-15(13-17)14-28-20(23)16-5-7-18(8-6-16)29(24,25)21-9-11-27-12-10-21/h2-8,13H,9-12,14H2,1H3. The normalized spacial score (nSPS) is 14.9. The van der Waals surface area contributed by atoms with Crippen LogP contribution < -0.4 is 0 Å². The lowest BCUT2D eigenvalue weighted by atomic mass is 10.1. The summed E-state index contributed by atoms with van der Waals surface area (Å²) in [6.07, 6.45) is 0. The van der Waals surface area contributed by atoms with Crippen LogP contribution in [0.5, 0.6) is 0 Å². The summed E-state index contributed by atoms with van der Waals surface area (Å²) in [4.78, 5) is 23.9. The number of sulfonamides is 1. The minimum atomic E-state index is -3.62. The van der Waals surface area contributed by atoms with E-state index in [1.165, 1.54) is 35.7 Å². The van der Waals surface area contributed by atoms with Gasteiger partial charge in [0.2, 0.25) is 10.0 Å². The predicted molar refractivity (Wildman–Crippen MR) is 103 cm³/mol. The van der Waals surface area contributed by atoms with Gasteiger partial charge in [0.05, 0.1) is 36.3 Å². The number of esters is 2. The van der Waals surface area contributed by atoms with Crippen molar-refractivity contribution in [2.75, 3.05) is 33.4 Å². The molecule has 29 heavy (non-hydrogen) atoms. The largest absolute Gasteiger partial charge is 0.465 e. The first-order valence-corrected chi connectivity index (χ1v) is 10.4. The highest BCUT2D eigenvalue weighted by atomic mass is 32.2. The number of carbonyl (C=O) groups is 2. The maximum atomic E-state index is 12.6. The fraction of sp³-hybridized carbons (Fsp3) is 0.300. The molecule has 9 heteroatoms. The van der Waals surface area contributed by atoms with E-state index < -0.39 is 22.0 Å². The molecule has 0 saturated carbocycles. The molecule has 0 radical (unpaired) electrons. The number of benzene rings is 2. The molecule has 0 amide bonds. The molecule has 2 aromatic rings. The highest BCUT2D eigenvalue weighted by Gasteiger charge is 2.26. The van der Waals surface area contributed by atoms with Crippen LogP contribution in [0.25, 0.3) is 0 Å². The Bertz CT molecular complexity index is 980. The molecule has 3 rings (SSSR count). The molecule has 0 aromatic heterocycles. The van der Waals surface area contributed by atoms with Crippen LogP contribution in [0.3, 0.4) is 0 Å². The Morgan fingerprint density at radius 2 is 1.69 bits per heavy atom. The SMILES string of the molecule is COC(=O)c1cccc(COC(=O)c2ccc(S(=O)(=O)N3CCOCC3)cc2)c1. The lowest BCUT2D eigenvalue weighted by Gasteiger charge is -2.26. The van der Waals surface area contributed by atoms with Gasteiger partial charge in [0, 0.05) is 13.1 Å². The Labute approximate surface area is 169 Å². The fourth-order valence-electron chi connectivity index (χ4n) is 2.84. The zero-order valence-corrected chi connectivity index (χ0v) is 16.7. The third-order valence-electron chi connectivity index (χ3n) is 4.42. The number of ether oxygens (including phenoxy) is 3. The van der Waals surface area contributed by atoms with Crippen LogP contribution in [0.15, 0.2) is 53.4 Å². The van der Waals surface area contributed by atoms with E-state index in [0.29, 0.717) is 37.4 Å². The summed E-state index contributed by atoms with van der Waals surface area (Å²) in [6.45, 7) is 1.30. The molecular formula is C20H21NO7S. The lowest BCUT2D eigenvalue weighted by Crippen LogP contribution is -2.40. The third kappa shape index (κ3) is 5.00. The van der Waals surface area contributed by atoms with Crippen LogP contribution in [-0.4, -0.2) is 58.1 Å². The minimum Gasteiger partial charge on any atom is -0.465 e. The molecule has 0 unspecified atom stereocenters. The van der Waals surface area contributed by atoms with Gasteiger partial charge in [-0.25, -0.2) is 18.0 Å². The van der Waals surface area contributed by atoms with E-state index in [0.717, 1.165) is 0 Å². The van der Waals surface area contributed by atoms with Gasteiger partial charge in [0.25, 0.3) is 0 Å². The maximum absolute atomic E-state index is 12.6. The van der Waals surface area contributed by atoms with Crippen LogP contribution in [0.2, 0.25) is 0 Å². The zero-order chi connectivity index (χ0) is 20.9. The number of carbonyl (C=O) groups excluding carboxylic acids is 2. The second-order valence-corrected chi connectivity index (χ2v) is 8.25. The van der Waals surface area contributed by atoms with Crippen molar-refractivity contribution in [3.05, 3.63) is 65.2 Å². The van der Waals surface area contributed by atoms with Gasteiger partial charge in [-0.15, -0.1) is 0 Å². The second kappa shape index (κ2) is 9.17. The lowest BCUT2D eigenvalue weighted by molar-refractivity contribution is 0.0472. The molecule has 8 nitrogen and oxygen atoms in total. The summed E-state index contributed by atoms with van der Waals surface area (Å²) in [5.74, 6) is -1.07. The van der Waals surface area contributed by atoms with Crippen molar-refractivity contribution in [2.45, 2.75) is 11.5 Å². The first-order valence-electron chi connectivity index (χ1n) is 8.94. The molecule has 0 bridgehead atoms. The van der Waals surface area contributed by atoms with Crippen molar-refractivity contribution in [3.63, 3.8) is 0 Å². The smallest absolute Gasteiger partial charge is 0.338 e. The van der Waals surface area contributed by atoms with Crippen LogP contribution in [0.1, 0.15) is 26.3 Å². The van der Waals surface area contributed by atoms with Crippen LogP contribution in [0, 0.1) is 0 Å². The Morgan fingerprint density at radius 1 is 1.00 bits per heavy atom. The molecule has 0 spiro atoms. The quantitative estimate of drug-likeness (QED) is 0.659. The Hall–Kier alpha value is -2.75. The number of morpholine rings is 1. The zero-order valence-electron chi connectivity index (χ0n) is 15.9. The number of rotatable bonds is 6. The van der Waals surface area contributed by atoms with E-state index in [-0.39, 0.29) is 17.1 Å². The summed E-state index contributed by atoms with van der Waals surface area (Å²) < 4.78 is 41.7. The number of hydrogen-bond donors (Lipinski definition) is 0. The van der Waals surface area contributed by atoms with E-state index in [2.05, 4.69) is 4.74 Å². The first-order chi connectivity index (χ1) is 13.9. The summed E-state index contributed by atoms with van der Waals surface area (Å²) >= 11 is 0. The van der Waals surface area contributed by atoms with E-state index >= 15 is 0 Å². The predicted octanol–water partition coefficient (Wildman–Crippen LogP) is 1.85. The molecule has 0 atom stereocenters. The highest BCUT2D eigenvalue weighted by Crippen LogP contribution is 2.18. The van der Waals surface area contributed by atoms with Gasteiger partial charge in [-0.05, 0) is 42.0 Å².